The van der Waals surface area contributed by atoms with E-state index in [-0.39, 0.29) is 110 Å². The van der Waals surface area contributed by atoms with Gasteiger partial charge in [-0.25, -0.2) is 50.7 Å². The molecule has 17 aromatic carbocycles. The first-order chi connectivity index (χ1) is 69.4. The number of hydrogen-bond donors (Lipinski definition) is 3. The van der Waals surface area contributed by atoms with Gasteiger partial charge in [-0.3, -0.25) is 4.79 Å². The minimum Gasteiger partial charge on any atom is -1.00 e. The molecule has 0 radical (unpaired) electrons. The average molecular weight is 2130 g/mol. The molecule has 147 heavy (non-hydrogen) atoms. The minimum atomic E-state index is -1.99. The molecule has 0 heterocycles. The van der Waals surface area contributed by atoms with Gasteiger partial charge in [0.05, 0.1) is 60.9 Å². The molecule has 0 aromatic heterocycles. The van der Waals surface area contributed by atoms with E-state index in [2.05, 4.69) is 213 Å². The fraction of sp³-hybridized carbons (Fsp3) is 0.0410. The van der Waals surface area contributed by atoms with E-state index in [1.54, 1.807) is 152 Å². The molecule has 25 heteroatoms. The van der Waals surface area contributed by atoms with Gasteiger partial charge >= 0.3 is 54.7 Å². The van der Waals surface area contributed by atoms with E-state index in [4.69, 9.17) is 20.1 Å². The van der Waals surface area contributed by atoms with Crippen LogP contribution in [0.25, 0.3) is 48.6 Å². The van der Waals surface area contributed by atoms with E-state index in [9.17, 15) is 55.5 Å². The van der Waals surface area contributed by atoms with Crippen molar-refractivity contribution in [2.45, 2.75) is 11.5 Å². The largest absolute Gasteiger partial charge is 1.00 e. The smallest absolute Gasteiger partial charge is 1.00 e. The number of alkyl halides is 1. The van der Waals surface area contributed by atoms with E-state index < -0.39 is 33.1 Å². The second kappa shape index (κ2) is 64.7. The summed E-state index contributed by atoms with van der Waals surface area (Å²) in [7, 11) is 1.72. The first-order valence-corrected chi connectivity index (χ1v) is 48.9. The van der Waals surface area contributed by atoms with Crippen LogP contribution in [0.3, 0.4) is 0 Å². The summed E-state index contributed by atoms with van der Waals surface area (Å²) in [6.07, 6.45) is 16.0. The number of carboxylic acids is 3. The number of esters is 3. The maximum absolute atomic E-state index is 12.8. The molecule has 0 amide bonds. The first-order valence-electron chi connectivity index (χ1n) is 44.5. The molecule has 0 aliphatic rings. The number of hydrogen-bond acceptors (Lipinski definition) is 11. The summed E-state index contributed by atoms with van der Waals surface area (Å²) in [6.45, 7) is 0. The Morgan fingerprint density at radius 1 is 0.279 bits per heavy atom. The molecule has 0 spiro atoms. The van der Waals surface area contributed by atoms with Gasteiger partial charge in [0.25, 0.3) is 0 Å². The molecular weight excluding hydrogens is 2030 g/mol. The van der Waals surface area contributed by atoms with Gasteiger partial charge in [-0.05, 0) is 261 Å². The number of halogens is 7. The number of aldehydes is 1. The Balaban J connectivity index is 0.000000260. The molecule has 0 aliphatic carbocycles. The molecule has 740 valence electrons. The molecule has 0 bridgehead atoms. The van der Waals surface area contributed by atoms with Gasteiger partial charge in [-0.2, -0.15) is 0 Å². The Morgan fingerprint density at radius 3 is 0.735 bits per heavy atom. The molecule has 0 aliphatic heterocycles. The van der Waals surface area contributed by atoms with E-state index in [1.165, 1.54) is 144 Å². The van der Waals surface area contributed by atoms with Crippen molar-refractivity contribution in [3.8, 4) is 0 Å². The first kappa shape index (κ1) is 120. The van der Waals surface area contributed by atoms with Crippen LogP contribution in [0.5, 0.6) is 0 Å². The van der Waals surface area contributed by atoms with Crippen LogP contribution >= 0.6 is 31.1 Å². The van der Waals surface area contributed by atoms with Crippen molar-refractivity contribution in [3.05, 3.63) is 573 Å². The van der Waals surface area contributed by atoms with Crippen LogP contribution in [0.1, 0.15) is 128 Å². The fourth-order valence-corrected chi connectivity index (χ4v) is 20.7. The number of carboxylic acid groups (broad SMARTS) is 3. The van der Waals surface area contributed by atoms with Crippen molar-refractivity contribution in [2.24, 2.45) is 0 Å². The molecule has 0 saturated heterocycles. The van der Waals surface area contributed by atoms with Crippen molar-refractivity contribution in [2.75, 3.05) is 21.3 Å². The molecule has 17 aromatic rings. The number of benzene rings is 17. The molecule has 15 nitrogen and oxygen atoms in total. The van der Waals surface area contributed by atoms with Crippen LogP contribution in [0, 0.1) is 29.1 Å². The Labute approximate surface area is 884 Å². The van der Waals surface area contributed by atoms with Crippen molar-refractivity contribution in [3.63, 3.8) is 0 Å². The predicted molar refractivity (Wildman–Crippen MR) is 579 cm³/mol. The van der Waals surface area contributed by atoms with Crippen molar-refractivity contribution in [1.82, 2.24) is 0 Å². The fourth-order valence-electron chi connectivity index (χ4n) is 13.9. The Bertz CT molecular complexity index is 6630. The van der Waals surface area contributed by atoms with Gasteiger partial charge < -0.3 is 57.5 Å². The summed E-state index contributed by atoms with van der Waals surface area (Å²) in [5, 5.41) is 35.5. The van der Waals surface area contributed by atoms with Crippen LogP contribution in [0.15, 0.2) is 449 Å². The second-order valence-electron chi connectivity index (χ2n) is 31.0. The maximum atomic E-state index is 12.8. The topological polar surface area (TPSA) is 269 Å². The zero-order chi connectivity index (χ0) is 102. The minimum absolute atomic E-state index is 0. The van der Waals surface area contributed by atoms with Crippen molar-refractivity contribution in [1.29, 1.82) is 0 Å². The molecule has 0 unspecified atom stereocenters. The number of aromatic carboxylic acids is 3. The summed E-state index contributed by atoms with van der Waals surface area (Å²) < 4.78 is 77.2. The molecule has 0 atom stereocenters. The van der Waals surface area contributed by atoms with Gasteiger partial charge in [-0.15, -0.1) is 0 Å². The van der Waals surface area contributed by atoms with Crippen molar-refractivity contribution >= 4 is 154 Å². The van der Waals surface area contributed by atoms with Crippen molar-refractivity contribution < 1.29 is 132 Å². The van der Waals surface area contributed by atoms with Crippen LogP contribution in [0.4, 0.5) is 22.0 Å². The quantitative estimate of drug-likeness (QED) is 0.00742. The summed E-state index contributed by atoms with van der Waals surface area (Å²) in [6, 6.07) is 137. The Hall–Kier alpha value is -15.8. The van der Waals surface area contributed by atoms with Gasteiger partial charge in [0.1, 0.15) is 58.5 Å². The van der Waals surface area contributed by atoms with Crippen LogP contribution in [0.2, 0.25) is 0 Å². The predicted octanol–water partition coefficient (Wildman–Crippen LogP) is 20.3. The zero-order valence-electron chi connectivity index (χ0n) is 80.2. The third-order valence-electron chi connectivity index (χ3n) is 21.0. The normalized spacial score (nSPS) is 10.3. The molecular formula is C122H102Br2F5LiO15P2. The van der Waals surface area contributed by atoms with Gasteiger partial charge in [0.15, 0.2) is 0 Å². The van der Waals surface area contributed by atoms with Crippen LogP contribution in [-0.4, -0.2) is 89.7 Å². The summed E-state index contributed by atoms with van der Waals surface area (Å²) >= 11 is 3.31. The molecule has 6 N–H and O–H groups in total. The zero-order valence-corrected chi connectivity index (χ0v) is 85.2. The number of methoxy groups -OCH3 is 3. The third-order valence-corrected chi connectivity index (χ3v) is 28.4. The Morgan fingerprint density at radius 2 is 0.490 bits per heavy atom. The van der Waals surface area contributed by atoms with E-state index in [0.29, 0.717) is 28.5 Å². The summed E-state index contributed by atoms with van der Waals surface area (Å²) in [5.74, 6) is -5.23. The van der Waals surface area contributed by atoms with Gasteiger partial charge in [-0.1, -0.05) is 331 Å². The standard InChI is InChI=1S/C27H24O2P.C18H15P.C16H13FO2.3C15H11FO2.C9H9BrO2.C7H5FO.BrH.Li.2H2O/c1-29-27(28)23-13-11-12-22(20-23)21-30(24-14-5-2-6-15-24,25-16-7-3-8-17-25)26-18-9-4-10-19-26;1-4-10-16(11-5-1)19(17-12-6-2-7-13-17)18-14-8-3-9-15-18;1-19-16(18)14-4-2-3-13(11-14)6-5-12-7-9-15(17)10-8-12;3*16-14-8-6-11(7-9-14)4-5-12-2-1-3-13(10-12)15(17)18;1-12-9(11)8-4-2-3-7(5-8)6-10;8-7-3-1-6(5-9)2-4-7;;;;/h2-20H,21H2,1H3;1-15H;2-11H,1H3;3*1-10H,(H,17,18);2-5H,6H2,1H3;1-5H;1H;;2*1H2/q+1;;;;;;;;;+1;;/p-2/b;;6-5+;2*5-4+;5-4-;;;;;;. The molecule has 17 rings (SSSR count). The Kier molecular flexibility index (Phi) is 52.8. The maximum Gasteiger partial charge on any atom is 1.00 e. The number of carbonyl (C=O) groups excluding carboxylic acids is 4. The monoisotopic (exact) mass is 2130 g/mol. The van der Waals surface area contributed by atoms with Gasteiger partial charge in [0, 0.05) is 10.9 Å². The number of carbonyl (C=O) groups is 7. The third kappa shape index (κ3) is 40.0. The molecule has 0 fully saturated rings. The van der Waals surface area contributed by atoms with E-state index in [1.807, 2.05) is 66.7 Å². The summed E-state index contributed by atoms with van der Waals surface area (Å²) in [5.41, 5.74) is 11.8. The average Bonchev–Trinajstić information content (AvgIpc) is 0.747. The number of rotatable bonds is 24. The van der Waals surface area contributed by atoms with Crippen LogP contribution in [-0.2, 0) is 25.7 Å². The van der Waals surface area contributed by atoms with E-state index >= 15 is 0 Å². The number of ether oxygens (including phenoxy) is 3. The van der Waals surface area contributed by atoms with E-state index in [0.717, 1.165) is 67.1 Å². The molecule has 0 saturated carbocycles. The van der Waals surface area contributed by atoms with Crippen LogP contribution < -0.4 is 67.7 Å². The SMILES string of the molecule is COC(=O)c1cccc(/C=C/c2ccc(F)cc2)c1.COC(=O)c1cccc(CBr)c1.COC(=O)c1cccc(C[P+](c2ccccc2)(c2ccccc2)c2ccccc2)c1.O.O=C(O)c1cccc(/C=C/c2ccc(F)cc2)c1.O=C(O)c1cccc(/C=C/c2ccc(F)cc2)c1.O=C(O)c1cccc(/C=C\c2ccc(F)cc2)c1.O=Cc1ccc(F)cc1.[Br-].[Li+].[OH-].c1ccc(P(c2ccccc2)c2ccccc2)cc1. The summed E-state index contributed by atoms with van der Waals surface area (Å²) in [4.78, 5) is 77.0. The second-order valence-corrected chi connectivity index (χ2v) is 37.2. The van der Waals surface area contributed by atoms with Gasteiger partial charge in [0.2, 0.25) is 0 Å².